The van der Waals surface area contributed by atoms with Crippen LogP contribution in [0.1, 0.15) is 30.2 Å². The molecular formula is C17H15ClN2O3S2. The third kappa shape index (κ3) is 3.44. The molecule has 0 atom stereocenters. The van der Waals surface area contributed by atoms with Crippen LogP contribution in [0.25, 0.3) is 10.6 Å². The Balaban J connectivity index is 1.59. The Morgan fingerprint density at radius 1 is 1.28 bits per heavy atom. The first-order valence-electron chi connectivity index (χ1n) is 7.77. The number of rotatable bonds is 5. The van der Waals surface area contributed by atoms with Gasteiger partial charge in [-0.05, 0) is 55.7 Å². The maximum atomic E-state index is 12.6. The van der Waals surface area contributed by atoms with E-state index in [0.29, 0.717) is 22.4 Å². The quantitative estimate of drug-likeness (QED) is 0.657. The molecule has 1 aliphatic carbocycles. The SMILES string of the molecule is Cc1cc(Cl)ccc1NS(=O)(=O)c1ccc(-c2cnc(C3CC3)o2)s1. The van der Waals surface area contributed by atoms with Gasteiger partial charge in [0.15, 0.2) is 11.7 Å². The summed E-state index contributed by atoms with van der Waals surface area (Å²) in [5, 5.41) is 0.565. The van der Waals surface area contributed by atoms with E-state index in [-0.39, 0.29) is 4.21 Å². The van der Waals surface area contributed by atoms with Gasteiger partial charge in [-0.3, -0.25) is 4.72 Å². The van der Waals surface area contributed by atoms with Gasteiger partial charge in [0.25, 0.3) is 10.0 Å². The van der Waals surface area contributed by atoms with Gasteiger partial charge in [-0.15, -0.1) is 11.3 Å². The molecule has 2 heterocycles. The van der Waals surface area contributed by atoms with Crippen LogP contribution < -0.4 is 4.72 Å². The number of benzene rings is 1. The summed E-state index contributed by atoms with van der Waals surface area (Å²) in [6, 6.07) is 8.34. The van der Waals surface area contributed by atoms with Gasteiger partial charge in [0, 0.05) is 10.9 Å². The van der Waals surface area contributed by atoms with Crippen molar-refractivity contribution in [2.75, 3.05) is 4.72 Å². The highest BCUT2D eigenvalue weighted by atomic mass is 35.5. The summed E-state index contributed by atoms with van der Waals surface area (Å²) < 4.78 is 33.8. The molecule has 0 amide bonds. The molecule has 0 spiro atoms. The van der Waals surface area contributed by atoms with E-state index in [2.05, 4.69) is 9.71 Å². The number of hydrogen-bond acceptors (Lipinski definition) is 5. The Bertz CT molecular complexity index is 1040. The van der Waals surface area contributed by atoms with Crippen molar-refractivity contribution in [1.82, 2.24) is 4.98 Å². The highest BCUT2D eigenvalue weighted by Crippen LogP contribution is 2.41. The average Bonchev–Trinajstić information content (AvgIpc) is 3.09. The fourth-order valence-electron chi connectivity index (χ4n) is 2.45. The highest BCUT2D eigenvalue weighted by Gasteiger charge is 2.29. The highest BCUT2D eigenvalue weighted by molar-refractivity contribution is 7.94. The van der Waals surface area contributed by atoms with Crippen LogP contribution >= 0.6 is 22.9 Å². The van der Waals surface area contributed by atoms with E-state index in [9.17, 15) is 8.42 Å². The van der Waals surface area contributed by atoms with Gasteiger partial charge in [-0.1, -0.05) is 11.6 Å². The fraction of sp³-hybridized carbons (Fsp3) is 0.235. The van der Waals surface area contributed by atoms with E-state index >= 15 is 0 Å². The van der Waals surface area contributed by atoms with Gasteiger partial charge >= 0.3 is 0 Å². The van der Waals surface area contributed by atoms with Gasteiger partial charge in [-0.2, -0.15) is 0 Å². The van der Waals surface area contributed by atoms with Crippen molar-refractivity contribution in [2.24, 2.45) is 0 Å². The Kier molecular flexibility index (Phi) is 4.10. The van der Waals surface area contributed by atoms with Crippen molar-refractivity contribution in [3.05, 3.63) is 53.0 Å². The second kappa shape index (κ2) is 6.16. The molecule has 0 bridgehead atoms. The minimum Gasteiger partial charge on any atom is -0.440 e. The number of halogens is 1. The van der Waals surface area contributed by atoms with E-state index in [1.54, 1.807) is 43.5 Å². The number of hydrogen-bond donors (Lipinski definition) is 1. The van der Waals surface area contributed by atoms with E-state index < -0.39 is 10.0 Å². The number of sulfonamides is 1. The molecule has 1 fully saturated rings. The number of nitrogens with zero attached hydrogens (tertiary/aromatic N) is 1. The molecule has 4 rings (SSSR count). The van der Waals surface area contributed by atoms with Crippen LogP contribution in [-0.4, -0.2) is 13.4 Å². The van der Waals surface area contributed by atoms with Crippen LogP contribution in [0.3, 0.4) is 0 Å². The molecule has 25 heavy (non-hydrogen) atoms. The van der Waals surface area contributed by atoms with Crippen LogP contribution in [0.2, 0.25) is 5.02 Å². The molecule has 1 aromatic carbocycles. The zero-order chi connectivity index (χ0) is 17.6. The number of aryl methyl sites for hydroxylation is 1. The molecular weight excluding hydrogens is 380 g/mol. The Morgan fingerprint density at radius 3 is 2.80 bits per heavy atom. The monoisotopic (exact) mass is 394 g/mol. The molecule has 5 nitrogen and oxygen atoms in total. The summed E-state index contributed by atoms with van der Waals surface area (Å²) in [7, 11) is -3.67. The number of nitrogens with one attached hydrogen (secondary N) is 1. The molecule has 2 aromatic heterocycles. The number of anilines is 1. The average molecular weight is 395 g/mol. The van der Waals surface area contributed by atoms with E-state index in [4.69, 9.17) is 16.0 Å². The zero-order valence-electron chi connectivity index (χ0n) is 13.3. The minimum absolute atomic E-state index is 0.223. The minimum atomic E-state index is -3.67. The van der Waals surface area contributed by atoms with Crippen molar-refractivity contribution < 1.29 is 12.8 Å². The summed E-state index contributed by atoms with van der Waals surface area (Å²) in [6.45, 7) is 1.80. The predicted octanol–water partition coefficient (Wildman–Crippen LogP) is 5.04. The van der Waals surface area contributed by atoms with E-state index in [1.807, 2.05) is 0 Å². The third-order valence-electron chi connectivity index (χ3n) is 3.97. The van der Waals surface area contributed by atoms with Crippen molar-refractivity contribution in [1.29, 1.82) is 0 Å². The molecule has 0 saturated heterocycles. The topological polar surface area (TPSA) is 72.2 Å². The van der Waals surface area contributed by atoms with Crippen LogP contribution in [0, 0.1) is 6.92 Å². The molecule has 3 aromatic rings. The Morgan fingerprint density at radius 2 is 2.08 bits per heavy atom. The van der Waals surface area contributed by atoms with Crippen LogP contribution in [-0.2, 0) is 10.0 Å². The second-order valence-electron chi connectivity index (χ2n) is 6.02. The van der Waals surface area contributed by atoms with E-state index in [1.165, 1.54) is 0 Å². The molecule has 1 saturated carbocycles. The lowest BCUT2D eigenvalue weighted by Gasteiger charge is -2.09. The van der Waals surface area contributed by atoms with Crippen LogP contribution in [0.15, 0.2) is 45.2 Å². The lowest BCUT2D eigenvalue weighted by molar-refractivity contribution is 0.510. The van der Waals surface area contributed by atoms with Gasteiger partial charge in [0.1, 0.15) is 4.21 Å². The standard InChI is InChI=1S/C17H15ClN2O3S2/c1-10-8-12(18)4-5-13(10)20-25(21,22)16-7-6-15(24-16)14-9-19-17(23-14)11-2-3-11/h4-9,11,20H,2-3H2,1H3. The number of thiophene rings is 1. The van der Waals surface area contributed by atoms with Crippen molar-refractivity contribution >= 4 is 38.6 Å². The number of oxazole rings is 1. The molecule has 1 N–H and O–H groups in total. The number of aromatic nitrogens is 1. The maximum absolute atomic E-state index is 12.6. The fourth-order valence-corrected chi connectivity index (χ4v) is 5.06. The molecule has 130 valence electrons. The van der Waals surface area contributed by atoms with Crippen molar-refractivity contribution in [2.45, 2.75) is 29.9 Å². The van der Waals surface area contributed by atoms with Gasteiger partial charge < -0.3 is 4.42 Å². The molecule has 8 heteroatoms. The predicted molar refractivity (Wildman–Crippen MR) is 98.8 cm³/mol. The lowest BCUT2D eigenvalue weighted by atomic mass is 10.2. The van der Waals surface area contributed by atoms with Gasteiger partial charge in [0.2, 0.25) is 0 Å². The molecule has 0 unspecified atom stereocenters. The maximum Gasteiger partial charge on any atom is 0.271 e. The lowest BCUT2D eigenvalue weighted by Crippen LogP contribution is -2.12. The summed E-state index contributed by atoms with van der Waals surface area (Å²) in [6.07, 6.45) is 3.87. The molecule has 1 aliphatic rings. The summed E-state index contributed by atoms with van der Waals surface area (Å²) in [5.41, 5.74) is 1.27. The first kappa shape index (κ1) is 16.6. The zero-order valence-corrected chi connectivity index (χ0v) is 15.7. The Hall–Kier alpha value is -1.83. The molecule has 0 radical (unpaired) electrons. The van der Waals surface area contributed by atoms with Crippen molar-refractivity contribution in [3.63, 3.8) is 0 Å². The summed E-state index contributed by atoms with van der Waals surface area (Å²) in [5.74, 6) is 1.77. The second-order valence-corrected chi connectivity index (χ2v) is 9.45. The summed E-state index contributed by atoms with van der Waals surface area (Å²) in [4.78, 5) is 5.02. The Labute approximate surface area is 154 Å². The van der Waals surface area contributed by atoms with Crippen LogP contribution in [0.4, 0.5) is 5.69 Å². The largest absolute Gasteiger partial charge is 0.440 e. The van der Waals surface area contributed by atoms with Crippen molar-refractivity contribution in [3.8, 4) is 10.6 Å². The molecule has 0 aliphatic heterocycles. The summed E-state index contributed by atoms with van der Waals surface area (Å²) >= 11 is 7.07. The van der Waals surface area contributed by atoms with E-state index in [0.717, 1.165) is 40.5 Å². The van der Waals surface area contributed by atoms with Crippen LogP contribution in [0.5, 0.6) is 0 Å². The third-order valence-corrected chi connectivity index (χ3v) is 7.16. The first-order chi connectivity index (χ1) is 11.9. The first-order valence-corrected chi connectivity index (χ1v) is 10.4. The normalized spacial score (nSPS) is 14.6. The van der Waals surface area contributed by atoms with Gasteiger partial charge in [0.05, 0.1) is 16.8 Å². The van der Waals surface area contributed by atoms with Gasteiger partial charge in [-0.25, -0.2) is 13.4 Å². The smallest absolute Gasteiger partial charge is 0.271 e.